The molecule has 0 aliphatic heterocycles. The van der Waals surface area contributed by atoms with Crippen LogP contribution in [0.4, 0.5) is 4.39 Å². The van der Waals surface area contributed by atoms with Crippen molar-refractivity contribution in [1.82, 2.24) is 19.2 Å². The maximum Gasteiger partial charge on any atom is 0.268 e. The van der Waals surface area contributed by atoms with Crippen LogP contribution in [-0.2, 0) is 23.6 Å². The molecule has 0 unspecified atom stereocenters. The van der Waals surface area contributed by atoms with Crippen molar-refractivity contribution in [3.8, 4) is 0 Å². The lowest BCUT2D eigenvalue weighted by atomic mass is 10.1. The molecule has 28 heavy (non-hydrogen) atoms. The van der Waals surface area contributed by atoms with Crippen molar-refractivity contribution in [2.24, 2.45) is 7.05 Å². The Morgan fingerprint density at radius 1 is 1.29 bits per heavy atom. The van der Waals surface area contributed by atoms with E-state index in [2.05, 4.69) is 10.3 Å². The molecule has 0 aliphatic carbocycles. The minimum absolute atomic E-state index is 0.0479. The van der Waals surface area contributed by atoms with Crippen molar-refractivity contribution in [3.63, 3.8) is 0 Å². The molecule has 0 aliphatic rings. The number of hydrogen-bond acceptors (Lipinski definition) is 4. The minimum atomic E-state index is -3.68. The van der Waals surface area contributed by atoms with E-state index < -0.39 is 21.7 Å². The molecule has 3 aromatic rings. The van der Waals surface area contributed by atoms with E-state index in [1.807, 2.05) is 0 Å². The van der Waals surface area contributed by atoms with E-state index in [0.29, 0.717) is 22.2 Å². The number of amides is 1. The second-order valence-electron chi connectivity index (χ2n) is 6.60. The van der Waals surface area contributed by atoms with Gasteiger partial charge in [0.15, 0.2) is 0 Å². The first-order chi connectivity index (χ1) is 13.1. The van der Waals surface area contributed by atoms with Crippen molar-refractivity contribution >= 4 is 26.8 Å². The molecule has 1 aromatic carbocycles. The van der Waals surface area contributed by atoms with Crippen molar-refractivity contribution in [3.05, 3.63) is 59.3 Å². The summed E-state index contributed by atoms with van der Waals surface area (Å²) in [5.74, 6) is -0.939. The number of sulfonamides is 1. The number of carbonyl (C=O) groups excluding carboxylic acids is 1. The monoisotopic (exact) mass is 404 g/mol. The first-order valence-corrected chi connectivity index (χ1v) is 9.97. The van der Waals surface area contributed by atoms with Crippen LogP contribution in [0.1, 0.15) is 21.7 Å². The molecule has 2 aromatic heterocycles. The Labute approximate surface area is 162 Å². The number of pyridine rings is 1. The Morgan fingerprint density at radius 2 is 2.00 bits per heavy atom. The summed E-state index contributed by atoms with van der Waals surface area (Å²) >= 11 is 0. The Hall–Kier alpha value is -2.78. The minimum Gasteiger partial charge on any atom is -0.347 e. The Balaban J connectivity index is 1.91. The maximum atomic E-state index is 14.3. The highest BCUT2D eigenvalue weighted by molar-refractivity contribution is 7.89. The number of hydrogen-bond donors (Lipinski definition) is 1. The van der Waals surface area contributed by atoms with Crippen LogP contribution < -0.4 is 5.32 Å². The largest absolute Gasteiger partial charge is 0.347 e. The molecule has 0 radical (unpaired) electrons. The van der Waals surface area contributed by atoms with E-state index in [9.17, 15) is 17.6 Å². The van der Waals surface area contributed by atoms with Gasteiger partial charge in [0.2, 0.25) is 10.0 Å². The van der Waals surface area contributed by atoms with Gasteiger partial charge in [-0.25, -0.2) is 17.1 Å². The molecule has 3 rings (SSSR count). The highest BCUT2D eigenvalue weighted by Gasteiger charge is 2.26. The zero-order valence-corrected chi connectivity index (χ0v) is 16.8. The average Bonchev–Trinajstić information content (AvgIpc) is 2.96. The van der Waals surface area contributed by atoms with Crippen LogP contribution in [0, 0.1) is 12.7 Å². The number of nitrogens with one attached hydrogen (secondary N) is 1. The van der Waals surface area contributed by atoms with Crippen LogP contribution in [0.2, 0.25) is 0 Å². The normalized spacial score (nSPS) is 11.9. The molecule has 0 fully saturated rings. The first kappa shape index (κ1) is 20.0. The van der Waals surface area contributed by atoms with Gasteiger partial charge in [0, 0.05) is 50.5 Å². The van der Waals surface area contributed by atoms with E-state index in [4.69, 9.17) is 0 Å². The Bertz CT molecular complexity index is 1170. The third-order valence-corrected chi connectivity index (χ3v) is 6.68. The molecule has 9 heteroatoms. The van der Waals surface area contributed by atoms with Crippen LogP contribution in [0.3, 0.4) is 0 Å². The molecule has 1 N–H and O–H groups in total. The van der Waals surface area contributed by atoms with Gasteiger partial charge in [-0.15, -0.1) is 0 Å². The lowest BCUT2D eigenvalue weighted by Gasteiger charge is -2.11. The summed E-state index contributed by atoms with van der Waals surface area (Å²) in [7, 11) is 0.790. The quantitative estimate of drug-likeness (QED) is 0.707. The second-order valence-corrected chi connectivity index (χ2v) is 8.72. The molecule has 0 atom stereocenters. The summed E-state index contributed by atoms with van der Waals surface area (Å²) in [4.78, 5) is 16.9. The Kier molecular flexibility index (Phi) is 5.22. The summed E-state index contributed by atoms with van der Waals surface area (Å²) in [5, 5.41) is 3.29. The average molecular weight is 404 g/mol. The number of rotatable bonds is 5. The van der Waals surface area contributed by atoms with Gasteiger partial charge in [-0.05, 0) is 31.2 Å². The SMILES string of the molecule is Cc1c(S(=O)(=O)N(C)C)cc(C(=O)NCc2c(F)ccc3ncccc23)n1C. The molecule has 1 amide bonds. The molecule has 148 valence electrons. The lowest BCUT2D eigenvalue weighted by molar-refractivity contribution is 0.0942. The number of halogens is 1. The predicted octanol–water partition coefficient (Wildman–Crippen LogP) is 2.20. The summed E-state index contributed by atoms with van der Waals surface area (Å²) in [6, 6.07) is 7.66. The molecule has 7 nitrogen and oxygen atoms in total. The molecule has 0 spiro atoms. The highest BCUT2D eigenvalue weighted by atomic mass is 32.2. The van der Waals surface area contributed by atoms with Crippen LogP contribution in [-0.4, -0.2) is 42.3 Å². The molecule has 0 bridgehead atoms. The van der Waals surface area contributed by atoms with Gasteiger partial charge in [-0.2, -0.15) is 0 Å². The fourth-order valence-corrected chi connectivity index (χ4v) is 4.14. The van der Waals surface area contributed by atoms with E-state index >= 15 is 0 Å². The molecule has 0 saturated carbocycles. The van der Waals surface area contributed by atoms with Gasteiger partial charge in [-0.3, -0.25) is 9.78 Å². The zero-order valence-electron chi connectivity index (χ0n) is 16.0. The molecular formula is C19H21FN4O3S. The van der Waals surface area contributed by atoms with Crippen molar-refractivity contribution < 1.29 is 17.6 Å². The van der Waals surface area contributed by atoms with E-state index in [0.717, 1.165) is 4.31 Å². The van der Waals surface area contributed by atoms with Crippen LogP contribution in [0.5, 0.6) is 0 Å². The van der Waals surface area contributed by atoms with Crippen molar-refractivity contribution in [2.75, 3.05) is 14.1 Å². The van der Waals surface area contributed by atoms with Gasteiger partial charge in [0.1, 0.15) is 16.4 Å². The van der Waals surface area contributed by atoms with Crippen LogP contribution in [0.15, 0.2) is 41.4 Å². The summed E-state index contributed by atoms with van der Waals surface area (Å²) in [6.45, 7) is 1.58. The number of fused-ring (bicyclic) bond motifs is 1. The molecule has 2 heterocycles. The summed E-state index contributed by atoms with van der Waals surface area (Å²) in [5.41, 5.74) is 1.57. The van der Waals surface area contributed by atoms with Crippen molar-refractivity contribution in [2.45, 2.75) is 18.4 Å². The fourth-order valence-electron chi connectivity index (χ4n) is 2.97. The molecule has 0 saturated heterocycles. The summed E-state index contributed by atoms with van der Waals surface area (Å²) in [6.07, 6.45) is 1.61. The third-order valence-electron chi connectivity index (χ3n) is 4.75. The smallest absolute Gasteiger partial charge is 0.268 e. The van der Waals surface area contributed by atoms with Crippen LogP contribution >= 0.6 is 0 Å². The van der Waals surface area contributed by atoms with Gasteiger partial charge in [0.05, 0.1) is 5.52 Å². The first-order valence-electron chi connectivity index (χ1n) is 8.53. The summed E-state index contributed by atoms with van der Waals surface area (Å²) < 4.78 is 41.8. The number of nitrogens with zero attached hydrogens (tertiary/aromatic N) is 3. The van der Waals surface area contributed by atoms with E-state index in [1.165, 1.54) is 30.8 Å². The maximum absolute atomic E-state index is 14.3. The van der Waals surface area contributed by atoms with E-state index in [-0.39, 0.29) is 17.1 Å². The second kappa shape index (κ2) is 7.33. The number of carbonyl (C=O) groups is 1. The highest BCUT2D eigenvalue weighted by Crippen LogP contribution is 2.23. The van der Waals surface area contributed by atoms with Crippen LogP contribution in [0.25, 0.3) is 10.9 Å². The number of benzene rings is 1. The molecular weight excluding hydrogens is 383 g/mol. The standard InChI is InChI=1S/C19H21FN4O3S/c1-12-18(28(26,27)23(2)3)10-17(24(12)4)19(25)22-11-14-13-6-5-9-21-16(13)8-7-15(14)20/h5-10H,11H2,1-4H3,(H,22,25). The van der Waals surface area contributed by atoms with Gasteiger partial charge >= 0.3 is 0 Å². The zero-order chi connectivity index (χ0) is 20.6. The van der Waals surface area contributed by atoms with Crippen molar-refractivity contribution in [1.29, 1.82) is 0 Å². The van der Waals surface area contributed by atoms with E-state index in [1.54, 1.807) is 38.4 Å². The van der Waals surface area contributed by atoms with Gasteiger partial charge in [-0.1, -0.05) is 6.07 Å². The fraction of sp³-hybridized carbons (Fsp3) is 0.263. The number of aromatic nitrogens is 2. The topological polar surface area (TPSA) is 84.3 Å². The van der Waals surface area contributed by atoms with Gasteiger partial charge < -0.3 is 9.88 Å². The predicted molar refractivity (Wildman–Crippen MR) is 104 cm³/mol. The lowest BCUT2D eigenvalue weighted by Crippen LogP contribution is -2.25. The Morgan fingerprint density at radius 3 is 2.68 bits per heavy atom. The van der Waals surface area contributed by atoms with Gasteiger partial charge in [0.25, 0.3) is 5.91 Å². The third kappa shape index (κ3) is 3.38.